The molecule has 0 aliphatic carbocycles. The maximum atomic E-state index is 6.59. The molecule has 2 aliphatic rings. The summed E-state index contributed by atoms with van der Waals surface area (Å²) in [7, 11) is 0. The van der Waals surface area contributed by atoms with Gasteiger partial charge < -0.3 is 15.2 Å². The van der Waals surface area contributed by atoms with Crippen molar-refractivity contribution in [2.75, 3.05) is 19.9 Å². The van der Waals surface area contributed by atoms with Gasteiger partial charge in [-0.25, -0.2) is 0 Å². The monoisotopic (exact) mass is 276 g/mol. The lowest BCUT2D eigenvalue weighted by atomic mass is 9.99. The van der Waals surface area contributed by atoms with Gasteiger partial charge in [0.25, 0.3) is 0 Å². The van der Waals surface area contributed by atoms with Crippen LogP contribution < -0.4 is 15.2 Å². The highest BCUT2D eigenvalue weighted by molar-refractivity contribution is 5.44. The van der Waals surface area contributed by atoms with Crippen LogP contribution in [0.15, 0.2) is 18.2 Å². The number of fused-ring (bicyclic) bond motifs is 1. The molecule has 1 aromatic rings. The van der Waals surface area contributed by atoms with Gasteiger partial charge >= 0.3 is 0 Å². The highest BCUT2D eigenvalue weighted by Gasteiger charge is 2.28. The van der Waals surface area contributed by atoms with Crippen molar-refractivity contribution in [3.05, 3.63) is 23.8 Å². The summed E-state index contributed by atoms with van der Waals surface area (Å²) in [6.45, 7) is 4.68. The highest BCUT2D eigenvalue weighted by atomic mass is 16.7. The molecule has 2 heterocycles. The van der Waals surface area contributed by atoms with E-state index in [1.807, 2.05) is 6.07 Å². The van der Waals surface area contributed by atoms with Crippen LogP contribution in [0.1, 0.15) is 38.2 Å². The summed E-state index contributed by atoms with van der Waals surface area (Å²) in [6.07, 6.45) is 6.01. The molecule has 3 rings (SSSR count). The first-order valence-electron chi connectivity index (χ1n) is 7.58. The number of hydrogen-bond donors (Lipinski definition) is 1. The van der Waals surface area contributed by atoms with Gasteiger partial charge in [0.1, 0.15) is 0 Å². The van der Waals surface area contributed by atoms with Crippen molar-refractivity contribution in [1.82, 2.24) is 4.90 Å². The topological polar surface area (TPSA) is 47.7 Å². The summed E-state index contributed by atoms with van der Waals surface area (Å²) in [5, 5.41) is 0. The molecule has 0 spiro atoms. The average Bonchev–Trinajstić information content (AvgIpc) is 2.70. The lowest BCUT2D eigenvalue weighted by Gasteiger charge is -2.38. The Morgan fingerprint density at radius 3 is 2.55 bits per heavy atom. The molecular weight excluding hydrogens is 252 g/mol. The fraction of sp³-hybridized carbons (Fsp3) is 0.625. The van der Waals surface area contributed by atoms with Crippen molar-refractivity contribution in [2.45, 2.75) is 44.7 Å². The number of nitrogens with zero attached hydrogens (tertiary/aromatic N) is 1. The van der Waals surface area contributed by atoms with Crippen molar-refractivity contribution in [2.24, 2.45) is 5.73 Å². The molecule has 1 saturated heterocycles. The first-order chi connectivity index (χ1) is 9.65. The summed E-state index contributed by atoms with van der Waals surface area (Å²) >= 11 is 0. The maximum absolute atomic E-state index is 6.59. The maximum Gasteiger partial charge on any atom is 0.231 e. The first-order valence-corrected chi connectivity index (χ1v) is 7.58. The van der Waals surface area contributed by atoms with Crippen LogP contribution in [-0.4, -0.2) is 30.4 Å². The summed E-state index contributed by atoms with van der Waals surface area (Å²) in [6, 6.07) is 6.14. The Hall–Kier alpha value is -1.26. The number of likely N-dealkylation sites (tertiary alicyclic amines) is 1. The molecule has 4 heteroatoms. The smallest absolute Gasteiger partial charge is 0.231 e. The van der Waals surface area contributed by atoms with Gasteiger partial charge in [0.15, 0.2) is 11.5 Å². The average molecular weight is 276 g/mol. The molecule has 1 unspecified atom stereocenters. The number of benzene rings is 1. The van der Waals surface area contributed by atoms with E-state index in [1.165, 1.54) is 31.2 Å². The Bertz CT molecular complexity index is 466. The molecule has 20 heavy (non-hydrogen) atoms. The Kier molecular flexibility index (Phi) is 3.85. The fourth-order valence-corrected chi connectivity index (χ4v) is 3.16. The molecule has 0 radical (unpaired) electrons. The molecule has 1 fully saturated rings. The van der Waals surface area contributed by atoms with Crippen LogP contribution in [-0.2, 0) is 6.42 Å². The summed E-state index contributed by atoms with van der Waals surface area (Å²) in [5.74, 6) is 1.68. The van der Waals surface area contributed by atoms with Crippen molar-refractivity contribution < 1.29 is 9.47 Å². The third-order valence-electron chi connectivity index (χ3n) is 4.33. The zero-order chi connectivity index (χ0) is 14.0. The summed E-state index contributed by atoms with van der Waals surface area (Å²) < 4.78 is 10.8. The molecule has 1 atom stereocenters. The van der Waals surface area contributed by atoms with Crippen LogP contribution in [0, 0.1) is 0 Å². The highest BCUT2D eigenvalue weighted by Crippen LogP contribution is 2.33. The van der Waals surface area contributed by atoms with Crippen LogP contribution in [0.4, 0.5) is 0 Å². The lowest BCUT2D eigenvalue weighted by Crippen LogP contribution is -2.55. The van der Waals surface area contributed by atoms with Crippen molar-refractivity contribution in [3.63, 3.8) is 0 Å². The van der Waals surface area contributed by atoms with Gasteiger partial charge in [-0.05, 0) is 50.6 Å². The Balaban J connectivity index is 1.71. The quantitative estimate of drug-likeness (QED) is 0.921. The predicted molar refractivity (Wildman–Crippen MR) is 78.9 cm³/mol. The largest absolute Gasteiger partial charge is 0.454 e. The fourth-order valence-electron chi connectivity index (χ4n) is 3.16. The van der Waals surface area contributed by atoms with Gasteiger partial charge in [0.05, 0.1) is 5.66 Å². The second kappa shape index (κ2) is 5.62. The summed E-state index contributed by atoms with van der Waals surface area (Å²) in [4.78, 5) is 2.44. The Morgan fingerprint density at radius 2 is 1.80 bits per heavy atom. The number of ether oxygens (including phenoxy) is 2. The molecule has 110 valence electrons. The summed E-state index contributed by atoms with van der Waals surface area (Å²) in [5.41, 5.74) is 7.51. The van der Waals surface area contributed by atoms with Crippen molar-refractivity contribution in [3.8, 4) is 11.5 Å². The second-order valence-corrected chi connectivity index (χ2v) is 6.12. The van der Waals surface area contributed by atoms with E-state index in [2.05, 4.69) is 24.0 Å². The van der Waals surface area contributed by atoms with E-state index in [0.29, 0.717) is 6.79 Å². The first kappa shape index (κ1) is 13.7. The lowest BCUT2D eigenvalue weighted by molar-refractivity contribution is 0.113. The number of rotatable bonds is 3. The predicted octanol–water partition coefficient (Wildman–Crippen LogP) is 2.51. The van der Waals surface area contributed by atoms with Gasteiger partial charge in [0, 0.05) is 6.42 Å². The van der Waals surface area contributed by atoms with E-state index in [-0.39, 0.29) is 5.66 Å². The van der Waals surface area contributed by atoms with Crippen LogP contribution in [0.5, 0.6) is 11.5 Å². The van der Waals surface area contributed by atoms with Gasteiger partial charge in [-0.3, -0.25) is 4.90 Å². The van der Waals surface area contributed by atoms with Crippen LogP contribution in [0.3, 0.4) is 0 Å². The van der Waals surface area contributed by atoms with Gasteiger partial charge in [-0.15, -0.1) is 0 Å². The SMILES string of the molecule is CC(N)(Cc1ccc2c(c1)OCO2)N1CCCCCC1. The third kappa shape index (κ3) is 2.91. The zero-order valence-electron chi connectivity index (χ0n) is 12.2. The standard InChI is InChI=1S/C16H24N2O2/c1-16(17,18-8-4-2-3-5-9-18)11-13-6-7-14-15(10-13)20-12-19-14/h6-7,10H,2-5,8-9,11-12,17H2,1H3. The normalized spacial score (nSPS) is 22.3. The molecular formula is C16H24N2O2. The Morgan fingerprint density at radius 1 is 1.10 bits per heavy atom. The molecule has 0 saturated carbocycles. The van der Waals surface area contributed by atoms with Crippen molar-refractivity contribution in [1.29, 1.82) is 0 Å². The van der Waals surface area contributed by atoms with Crippen LogP contribution >= 0.6 is 0 Å². The van der Waals surface area contributed by atoms with E-state index in [9.17, 15) is 0 Å². The molecule has 1 aromatic carbocycles. The molecule has 4 nitrogen and oxygen atoms in total. The zero-order valence-corrected chi connectivity index (χ0v) is 12.2. The van der Waals surface area contributed by atoms with Gasteiger partial charge in [-0.1, -0.05) is 18.9 Å². The molecule has 0 bridgehead atoms. The van der Waals surface area contributed by atoms with Crippen LogP contribution in [0.2, 0.25) is 0 Å². The van der Waals surface area contributed by atoms with E-state index in [0.717, 1.165) is 31.0 Å². The van der Waals surface area contributed by atoms with E-state index in [4.69, 9.17) is 15.2 Å². The van der Waals surface area contributed by atoms with E-state index < -0.39 is 0 Å². The van der Waals surface area contributed by atoms with E-state index in [1.54, 1.807) is 0 Å². The minimum Gasteiger partial charge on any atom is -0.454 e. The van der Waals surface area contributed by atoms with Crippen molar-refractivity contribution >= 4 is 0 Å². The molecule has 2 aliphatic heterocycles. The minimum atomic E-state index is -0.294. The molecule has 0 aromatic heterocycles. The van der Waals surface area contributed by atoms with Gasteiger partial charge in [-0.2, -0.15) is 0 Å². The number of hydrogen-bond acceptors (Lipinski definition) is 4. The Labute approximate surface area is 120 Å². The third-order valence-corrected chi connectivity index (χ3v) is 4.33. The molecule has 2 N–H and O–H groups in total. The minimum absolute atomic E-state index is 0.294. The second-order valence-electron chi connectivity index (χ2n) is 6.12. The van der Waals surface area contributed by atoms with Gasteiger partial charge in [0.2, 0.25) is 6.79 Å². The molecule has 0 amide bonds. The number of nitrogens with two attached hydrogens (primary N) is 1. The van der Waals surface area contributed by atoms with Crippen LogP contribution in [0.25, 0.3) is 0 Å². The van der Waals surface area contributed by atoms with E-state index >= 15 is 0 Å².